The van der Waals surface area contributed by atoms with Gasteiger partial charge in [-0.25, -0.2) is 0 Å². The minimum atomic E-state index is -0.198. The molecule has 3 heterocycles. The predicted molar refractivity (Wildman–Crippen MR) is 97.1 cm³/mol. The van der Waals surface area contributed by atoms with Gasteiger partial charge in [-0.3, -0.25) is 14.5 Å². The molecule has 1 saturated heterocycles. The van der Waals surface area contributed by atoms with Crippen LogP contribution in [0.25, 0.3) is 0 Å². The molecule has 3 rings (SSSR count). The molecule has 0 amide bonds. The van der Waals surface area contributed by atoms with Gasteiger partial charge in [-0.05, 0) is 64.1 Å². The number of rotatable bonds is 5. The maximum absolute atomic E-state index is 13.1. The van der Waals surface area contributed by atoms with Gasteiger partial charge in [0, 0.05) is 22.2 Å². The summed E-state index contributed by atoms with van der Waals surface area (Å²) in [4.78, 5) is 31.7. The highest BCUT2D eigenvalue weighted by Gasteiger charge is 2.35. The largest absolute Gasteiger partial charge is 0.355 e. The summed E-state index contributed by atoms with van der Waals surface area (Å²) in [6.07, 6.45) is 2.21. The Labute approximate surface area is 146 Å². The average Bonchev–Trinajstić information content (AvgIpc) is 3.24. The number of aromatic amines is 1. The Morgan fingerprint density at radius 2 is 2.12 bits per heavy atom. The molecule has 0 spiro atoms. The molecule has 0 radical (unpaired) electrons. The summed E-state index contributed by atoms with van der Waals surface area (Å²) in [5.41, 5.74) is 2.80. The third-order valence-electron chi connectivity index (χ3n) is 5.08. The Bertz CT molecular complexity index is 761. The standard InChI is InChI=1S/C19H24N2O2S/c1-11-17(14(4)22)12(2)20-18(11)19(23)13(3)21-9-5-7-15(21)16-8-6-10-24-16/h6,8,10,13,15,20H,5,7,9H2,1-4H3/t13-,15+/m0/s1. The van der Waals surface area contributed by atoms with Gasteiger partial charge in [-0.1, -0.05) is 6.07 Å². The van der Waals surface area contributed by atoms with Crippen molar-refractivity contribution in [2.45, 2.75) is 52.6 Å². The zero-order valence-corrected chi connectivity index (χ0v) is 15.5. The van der Waals surface area contributed by atoms with E-state index in [1.807, 2.05) is 20.8 Å². The van der Waals surface area contributed by atoms with E-state index >= 15 is 0 Å². The molecule has 2 atom stereocenters. The van der Waals surface area contributed by atoms with Crippen LogP contribution in [-0.4, -0.2) is 34.0 Å². The lowest BCUT2D eigenvalue weighted by Gasteiger charge is -2.29. The van der Waals surface area contributed by atoms with Crippen LogP contribution in [0.15, 0.2) is 17.5 Å². The summed E-state index contributed by atoms with van der Waals surface area (Å²) < 4.78 is 0. The van der Waals surface area contributed by atoms with Crippen molar-refractivity contribution in [3.63, 3.8) is 0 Å². The number of aromatic nitrogens is 1. The summed E-state index contributed by atoms with van der Waals surface area (Å²) >= 11 is 1.76. The molecule has 2 aromatic heterocycles. The number of thiophene rings is 1. The fourth-order valence-electron chi connectivity index (χ4n) is 3.92. The molecular formula is C19H24N2O2S. The number of H-pyrrole nitrogens is 1. The van der Waals surface area contributed by atoms with Crippen LogP contribution in [0.1, 0.15) is 69.7 Å². The number of aryl methyl sites for hydroxylation is 1. The third-order valence-corrected chi connectivity index (χ3v) is 6.05. The third kappa shape index (κ3) is 2.87. The first-order chi connectivity index (χ1) is 11.4. The normalized spacial score (nSPS) is 19.6. The Morgan fingerprint density at radius 1 is 1.38 bits per heavy atom. The van der Waals surface area contributed by atoms with Crippen LogP contribution in [0.4, 0.5) is 0 Å². The van der Waals surface area contributed by atoms with E-state index in [1.54, 1.807) is 18.3 Å². The van der Waals surface area contributed by atoms with Crippen molar-refractivity contribution in [1.29, 1.82) is 0 Å². The first-order valence-electron chi connectivity index (χ1n) is 8.45. The van der Waals surface area contributed by atoms with E-state index < -0.39 is 0 Å². The van der Waals surface area contributed by atoms with E-state index in [0.717, 1.165) is 30.6 Å². The van der Waals surface area contributed by atoms with Crippen molar-refractivity contribution < 1.29 is 9.59 Å². The van der Waals surface area contributed by atoms with Gasteiger partial charge in [0.25, 0.3) is 0 Å². The summed E-state index contributed by atoms with van der Waals surface area (Å²) in [5.74, 6) is 0.0807. The molecule has 0 saturated carbocycles. The van der Waals surface area contributed by atoms with Crippen LogP contribution in [0.3, 0.4) is 0 Å². The van der Waals surface area contributed by atoms with E-state index in [-0.39, 0.29) is 17.6 Å². The van der Waals surface area contributed by atoms with Gasteiger partial charge in [-0.2, -0.15) is 0 Å². The highest BCUT2D eigenvalue weighted by molar-refractivity contribution is 7.10. The molecule has 2 aromatic rings. The quantitative estimate of drug-likeness (QED) is 0.823. The highest BCUT2D eigenvalue weighted by atomic mass is 32.1. The molecule has 24 heavy (non-hydrogen) atoms. The Balaban J connectivity index is 1.87. The SMILES string of the molecule is CC(=O)c1c(C)[nH]c(C(=O)[C@H](C)N2CCC[C@@H]2c2cccs2)c1C. The highest BCUT2D eigenvalue weighted by Crippen LogP contribution is 2.36. The van der Waals surface area contributed by atoms with Gasteiger partial charge in [0.15, 0.2) is 11.6 Å². The zero-order chi connectivity index (χ0) is 17.4. The van der Waals surface area contributed by atoms with Crippen molar-refractivity contribution in [3.05, 3.63) is 44.9 Å². The number of carbonyl (C=O) groups excluding carboxylic acids is 2. The molecule has 0 aromatic carbocycles. The van der Waals surface area contributed by atoms with Gasteiger partial charge in [0.2, 0.25) is 0 Å². The first kappa shape index (κ1) is 17.1. The molecule has 0 aliphatic carbocycles. The second-order valence-electron chi connectivity index (χ2n) is 6.63. The number of Topliss-reactive ketones (excluding diaryl/α,β-unsaturated/α-hetero) is 2. The van der Waals surface area contributed by atoms with Gasteiger partial charge in [0.1, 0.15) is 0 Å². The minimum Gasteiger partial charge on any atom is -0.355 e. The fourth-order valence-corrected chi connectivity index (χ4v) is 4.80. The lowest BCUT2D eigenvalue weighted by Crippen LogP contribution is -2.38. The zero-order valence-electron chi connectivity index (χ0n) is 14.7. The number of nitrogens with zero attached hydrogens (tertiary/aromatic N) is 1. The minimum absolute atomic E-state index is 0.00517. The summed E-state index contributed by atoms with van der Waals surface area (Å²) in [6, 6.07) is 4.35. The van der Waals surface area contributed by atoms with Crippen LogP contribution in [-0.2, 0) is 0 Å². The van der Waals surface area contributed by atoms with E-state index in [4.69, 9.17) is 0 Å². The van der Waals surface area contributed by atoms with Crippen LogP contribution in [0.2, 0.25) is 0 Å². The van der Waals surface area contributed by atoms with E-state index in [9.17, 15) is 9.59 Å². The summed E-state index contributed by atoms with van der Waals surface area (Å²) in [6.45, 7) is 8.19. The van der Waals surface area contributed by atoms with Gasteiger partial charge in [-0.15, -0.1) is 11.3 Å². The summed E-state index contributed by atoms with van der Waals surface area (Å²) in [7, 11) is 0. The van der Waals surface area contributed by atoms with Crippen molar-refractivity contribution in [1.82, 2.24) is 9.88 Å². The Kier molecular flexibility index (Phi) is 4.74. The van der Waals surface area contributed by atoms with Crippen molar-refractivity contribution in [3.8, 4) is 0 Å². The maximum Gasteiger partial charge on any atom is 0.196 e. The van der Waals surface area contributed by atoms with Gasteiger partial charge < -0.3 is 4.98 Å². The number of hydrogen-bond acceptors (Lipinski definition) is 4. The topological polar surface area (TPSA) is 53.2 Å². The maximum atomic E-state index is 13.1. The van der Waals surface area contributed by atoms with Crippen LogP contribution >= 0.6 is 11.3 Å². The second kappa shape index (κ2) is 6.65. The number of carbonyl (C=O) groups is 2. The predicted octanol–water partition coefficient (Wildman–Crippen LogP) is 4.30. The molecule has 1 fully saturated rings. The van der Waals surface area contributed by atoms with E-state index in [1.165, 1.54) is 4.88 Å². The van der Waals surface area contributed by atoms with Crippen molar-refractivity contribution >= 4 is 22.9 Å². The lowest BCUT2D eigenvalue weighted by atomic mass is 10.0. The molecule has 1 aliphatic rings. The number of hydrogen-bond donors (Lipinski definition) is 1. The second-order valence-corrected chi connectivity index (χ2v) is 7.61. The Hall–Kier alpha value is -1.72. The average molecular weight is 344 g/mol. The molecule has 0 unspecified atom stereocenters. The number of nitrogens with one attached hydrogen (secondary N) is 1. The van der Waals surface area contributed by atoms with Crippen LogP contribution in [0, 0.1) is 13.8 Å². The monoisotopic (exact) mass is 344 g/mol. The molecular weight excluding hydrogens is 320 g/mol. The molecule has 1 N–H and O–H groups in total. The molecule has 1 aliphatic heterocycles. The molecule has 0 bridgehead atoms. The molecule has 4 nitrogen and oxygen atoms in total. The fraction of sp³-hybridized carbons (Fsp3) is 0.474. The first-order valence-corrected chi connectivity index (χ1v) is 9.33. The van der Waals surface area contributed by atoms with Crippen molar-refractivity contribution in [2.24, 2.45) is 0 Å². The lowest BCUT2D eigenvalue weighted by molar-refractivity contribution is 0.0816. The van der Waals surface area contributed by atoms with Crippen LogP contribution in [0.5, 0.6) is 0 Å². The number of likely N-dealkylation sites (tertiary alicyclic amines) is 1. The van der Waals surface area contributed by atoms with E-state index in [0.29, 0.717) is 17.3 Å². The van der Waals surface area contributed by atoms with Crippen molar-refractivity contribution in [2.75, 3.05) is 6.54 Å². The molecule has 5 heteroatoms. The van der Waals surface area contributed by atoms with Crippen LogP contribution < -0.4 is 0 Å². The van der Waals surface area contributed by atoms with Gasteiger partial charge >= 0.3 is 0 Å². The van der Waals surface area contributed by atoms with Gasteiger partial charge in [0.05, 0.1) is 11.7 Å². The Morgan fingerprint density at radius 3 is 2.71 bits per heavy atom. The number of ketones is 2. The molecule has 128 valence electrons. The smallest absolute Gasteiger partial charge is 0.196 e. The van der Waals surface area contributed by atoms with E-state index in [2.05, 4.69) is 27.4 Å². The summed E-state index contributed by atoms with van der Waals surface area (Å²) in [5, 5.41) is 2.09.